The van der Waals surface area contributed by atoms with Gasteiger partial charge in [-0.3, -0.25) is 9.59 Å². The fourth-order valence-corrected chi connectivity index (χ4v) is 3.98. The fourth-order valence-electron chi connectivity index (χ4n) is 3.05. The van der Waals surface area contributed by atoms with Crippen LogP contribution in [-0.4, -0.2) is 51.0 Å². The first-order valence-corrected chi connectivity index (χ1v) is 11.5. The number of aryl methyl sites for hydroxylation is 1. The number of anilines is 1. The van der Waals surface area contributed by atoms with Gasteiger partial charge < -0.3 is 20.1 Å². The molecule has 3 aromatic rings. The van der Waals surface area contributed by atoms with Crippen LogP contribution < -0.4 is 20.1 Å². The molecule has 0 unspecified atom stereocenters. The first-order valence-electron chi connectivity index (χ1n) is 10.1. The Hall–Kier alpha value is -3.31. The zero-order chi connectivity index (χ0) is 23.2. The van der Waals surface area contributed by atoms with Crippen molar-refractivity contribution in [2.24, 2.45) is 7.05 Å². The highest BCUT2D eigenvalue weighted by atomic mass is 35.5. The van der Waals surface area contributed by atoms with E-state index in [9.17, 15) is 9.59 Å². The highest BCUT2D eigenvalue weighted by Crippen LogP contribution is 2.38. The number of thioether (sulfide) groups is 1. The summed E-state index contributed by atoms with van der Waals surface area (Å²) in [6.07, 6.45) is 0.783. The largest absolute Gasteiger partial charge is 0.489 e. The van der Waals surface area contributed by atoms with Crippen LogP contribution in [0.15, 0.2) is 41.6 Å². The van der Waals surface area contributed by atoms with Gasteiger partial charge in [0.2, 0.25) is 11.1 Å². The maximum absolute atomic E-state index is 12.5. The number of nitrogens with one attached hydrogen (secondary N) is 2. The molecular weight excluding hydrogens is 468 g/mol. The van der Waals surface area contributed by atoms with Gasteiger partial charge in [-0.05, 0) is 52.4 Å². The summed E-state index contributed by atoms with van der Waals surface area (Å²) in [4.78, 5) is 24.7. The summed E-state index contributed by atoms with van der Waals surface area (Å²) in [5, 5.41) is 17.7. The number of aromatic nitrogens is 4. The van der Waals surface area contributed by atoms with Crippen molar-refractivity contribution in [2.45, 2.75) is 18.1 Å². The van der Waals surface area contributed by atoms with Crippen molar-refractivity contribution in [1.29, 1.82) is 0 Å². The fraction of sp³-hybridized carbons (Fsp3) is 0.286. The molecule has 0 fully saturated rings. The standard InChI is InChI=1S/C21H21ClN6O4S/c1-28-21(25-26-27-28)33-12-18(29)24-15-5-3-14(4-6-15)20(30)23-11-13-9-16(22)19-17(10-13)31-7-2-8-32-19/h3-6,9-10H,2,7-8,11-12H2,1H3,(H,23,30)(H,24,29). The molecular formula is C21H21ClN6O4S. The lowest BCUT2D eigenvalue weighted by atomic mass is 10.1. The normalized spacial score (nSPS) is 12.7. The Kier molecular flexibility index (Phi) is 7.30. The molecule has 0 saturated heterocycles. The molecule has 2 heterocycles. The summed E-state index contributed by atoms with van der Waals surface area (Å²) in [7, 11) is 1.70. The quantitative estimate of drug-likeness (QED) is 0.487. The third-order valence-electron chi connectivity index (χ3n) is 4.66. The number of carbonyl (C=O) groups excluding carboxylic acids is 2. The van der Waals surface area contributed by atoms with Gasteiger partial charge in [0.1, 0.15) is 0 Å². The zero-order valence-electron chi connectivity index (χ0n) is 17.7. The maximum atomic E-state index is 12.5. The minimum absolute atomic E-state index is 0.161. The Morgan fingerprint density at radius 3 is 2.73 bits per heavy atom. The summed E-state index contributed by atoms with van der Waals surface area (Å²) in [6.45, 7) is 1.39. The Balaban J connectivity index is 1.29. The highest BCUT2D eigenvalue weighted by Gasteiger charge is 2.16. The van der Waals surface area contributed by atoms with E-state index in [2.05, 4.69) is 26.2 Å². The Morgan fingerprint density at radius 1 is 1.18 bits per heavy atom. The monoisotopic (exact) mass is 488 g/mol. The topological polar surface area (TPSA) is 120 Å². The first-order chi connectivity index (χ1) is 16.0. The van der Waals surface area contributed by atoms with Crippen LogP contribution in [0.5, 0.6) is 11.5 Å². The van der Waals surface area contributed by atoms with Crippen LogP contribution in [0.2, 0.25) is 5.02 Å². The summed E-state index contributed by atoms with van der Waals surface area (Å²) in [5.41, 5.74) is 1.85. The smallest absolute Gasteiger partial charge is 0.251 e. The van der Waals surface area contributed by atoms with Gasteiger partial charge in [0.05, 0.1) is 24.0 Å². The molecule has 2 N–H and O–H groups in total. The van der Waals surface area contributed by atoms with Crippen molar-refractivity contribution < 1.29 is 19.1 Å². The number of tetrazole rings is 1. The highest BCUT2D eigenvalue weighted by molar-refractivity contribution is 7.99. The molecule has 172 valence electrons. The van der Waals surface area contributed by atoms with Crippen LogP contribution in [0, 0.1) is 0 Å². The molecule has 0 atom stereocenters. The predicted octanol–water partition coefficient (Wildman–Crippen LogP) is 2.69. The number of fused-ring (bicyclic) bond motifs is 1. The number of nitrogens with zero attached hydrogens (tertiary/aromatic N) is 4. The molecule has 1 aliphatic heterocycles. The van der Waals surface area contributed by atoms with Gasteiger partial charge in [0, 0.05) is 31.3 Å². The molecule has 33 heavy (non-hydrogen) atoms. The number of hydrogen-bond donors (Lipinski definition) is 2. The second-order valence-corrected chi connectivity index (χ2v) is 8.49. The van der Waals surface area contributed by atoms with E-state index in [-0.39, 0.29) is 24.1 Å². The molecule has 0 bridgehead atoms. The van der Waals surface area contributed by atoms with Gasteiger partial charge in [-0.15, -0.1) is 5.10 Å². The second kappa shape index (κ2) is 10.5. The van der Waals surface area contributed by atoms with Gasteiger partial charge in [-0.25, -0.2) is 4.68 Å². The lowest BCUT2D eigenvalue weighted by Crippen LogP contribution is -2.23. The van der Waals surface area contributed by atoms with E-state index in [1.807, 2.05) is 6.07 Å². The third-order valence-corrected chi connectivity index (χ3v) is 5.95. The molecule has 2 aromatic carbocycles. The van der Waals surface area contributed by atoms with Gasteiger partial charge in [-0.2, -0.15) is 0 Å². The van der Waals surface area contributed by atoms with E-state index in [1.54, 1.807) is 37.4 Å². The SMILES string of the molecule is Cn1nnnc1SCC(=O)Nc1ccc(C(=O)NCc2cc(Cl)c3c(c2)OCCCO3)cc1. The molecule has 12 heteroatoms. The van der Waals surface area contributed by atoms with Gasteiger partial charge in [0.15, 0.2) is 11.5 Å². The Morgan fingerprint density at radius 2 is 1.97 bits per heavy atom. The van der Waals surface area contributed by atoms with Crippen LogP contribution in [0.4, 0.5) is 5.69 Å². The average Bonchev–Trinajstić information content (AvgIpc) is 3.06. The van der Waals surface area contributed by atoms with Crippen molar-refractivity contribution in [3.05, 3.63) is 52.5 Å². The van der Waals surface area contributed by atoms with Gasteiger partial charge in [-0.1, -0.05) is 23.4 Å². The molecule has 0 radical (unpaired) electrons. The number of amides is 2. The van der Waals surface area contributed by atoms with Crippen molar-refractivity contribution in [2.75, 3.05) is 24.3 Å². The van der Waals surface area contributed by atoms with Crippen molar-refractivity contribution in [1.82, 2.24) is 25.5 Å². The molecule has 4 rings (SSSR count). The molecule has 0 aliphatic carbocycles. The lowest BCUT2D eigenvalue weighted by molar-refractivity contribution is -0.113. The third kappa shape index (κ3) is 5.93. The van der Waals surface area contributed by atoms with Crippen LogP contribution in [0.3, 0.4) is 0 Å². The molecule has 1 aromatic heterocycles. The first kappa shape index (κ1) is 22.9. The molecule has 0 spiro atoms. The van der Waals surface area contributed by atoms with Crippen molar-refractivity contribution in [3.8, 4) is 11.5 Å². The predicted molar refractivity (Wildman–Crippen MR) is 123 cm³/mol. The van der Waals surface area contributed by atoms with Crippen LogP contribution in [0.1, 0.15) is 22.3 Å². The Labute approximate surface area is 199 Å². The summed E-state index contributed by atoms with van der Waals surface area (Å²) >= 11 is 7.53. The number of carbonyl (C=O) groups is 2. The van der Waals surface area contributed by atoms with E-state index in [0.717, 1.165) is 12.0 Å². The average molecular weight is 489 g/mol. The number of ether oxygens (including phenoxy) is 2. The van der Waals surface area contributed by atoms with E-state index >= 15 is 0 Å². The Bertz CT molecular complexity index is 1150. The van der Waals surface area contributed by atoms with Crippen LogP contribution >= 0.6 is 23.4 Å². The maximum Gasteiger partial charge on any atom is 0.251 e. The van der Waals surface area contributed by atoms with E-state index < -0.39 is 0 Å². The molecule has 1 aliphatic rings. The number of benzene rings is 2. The summed E-state index contributed by atoms with van der Waals surface area (Å²) < 4.78 is 12.8. The van der Waals surface area contributed by atoms with Crippen LogP contribution in [0.25, 0.3) is 0 Å². The van der Waals surface area contributed by atoms with Gasteiger partial charge in [0.25, 0.3) is 5.91 Å². The van der Waals surface area contributed by atoms with E-state index in [0.29, 0.717) is 46.1 Å². The minimum Gasteiger partial charge on any atom is -0.489 e. The van der Waals surface area contributed by atoms with Gasteiger partial charge >= 0.3 is 0 Å². The van der Waals surface area contributed by atoms with Crippen LogP contribution in [-0.2, 0) is 18.4 Å². The molecule has 10 nitrogen and oxygen atoms in total. The van der Waals surface area contributed by atoms with Crippen molar-refractivity contribution in [3.63, 3.8) is 0 Å². The van der Waals surface area contributed by atoms with Crippen molar-refractivity contribution >= 4 is 40.9 Å². The van der Waals surface area contributed by atoms with E-state index in [4.69, 9.17) is 21.1 Å². The summed E-state index contributed by atoms with van der Waals surface area (Å²) in [5.74, 6) is 0.827. The second-order valence-electron chi connectivity index (χ2n) is 7.14. The number of halogens is 1. The molecule has 2 amide bonds. The zero-order valence-corrected chi connectivity index (χ0v) is 19.3. The number of rotatable bonds is 7. The lowest BCUT2D eigenvalue weighted by Gasteiger charge is -2.12. The molecule has 0 saturated carbocycles. The summed E-state index contributed by atoms with van der Waals surface area (Å²) in [6, 6.07) is 10.2. The minimum atomic E-state index is -0.249. The number of hydrogen-bond acceptors (Lipinski definition) is 8. The van der Waals surface area contributed by atoms with E-state index in [1.165, 1.54) is 16.4 Å².